The van der Waals surface area contributed by atoms with Crippen molar-refractivity contribution in [2.75, 3.05) is 23.0 Å². The first-order valence-corrected chi connectivity index (χ1v) is 13.5. The number of nitrogens with zero attached hydrogens (tertiary/aromatic N) is 4. The van der Waals surface area contributed by atoms with Gasteiger partial charge >= 0.3 is 11.9 Å². The van der Waals surface area contributed by atoms with Crippen molar-refractivity contribution in [2.45, 2.75) is 45.1 Å². The van der Waals surface area contributed by atoms with E-state index in [-0.39, 0.29) is 30.0 Å². The average Bonchev–Trinajstić information content (AvgIpc) is 3.23. The van der Waals surface area contributed by atoms with E-state index in [0.29, 0.717) is 54.4 Å². The van der Waals surface area contributed by atoms with Gasteiger partial charge in [-0.15, -0.1) is 0 Å². The number of fused-ring (bicyclic) bond motifs is 3. The summed E-state index contributed by atoms with van der Waals surface area (Å²) in [6.45, 7) is 2.77. The van der Waals surface area contributed by atoms with E-state index in [1.807, 2.05) is 11.8 Å². The van der Waals surface area contributed by atoms with Crippen LogP contribution in [0.15, 0.2) is 41.3 Å². The summed E-state index contributed by atoms with van der Waals surface area (Å²) in [5, 5.41) is 0. The number of alkyl halides is 3. The van der Waals surface area contributed by atoms with Gasteiger partial charge in [0.2, 0.25) is 5.88 Å². The van der Waals surface area contributed by atoms with Crippen LogP contribution in [0.2, 0.25) is 0 Å². The predicted molar refractivity (Wildman–Crippen MR) is 132 cm³/mol. The number of hydrogen-bond donors (Lipinski definition) is 0. The van der Waals surface area contributed by atoms with Gasteiger partial charge in [-0.05, 0) is 35.7 Å². The third-order valence-corrected chi connectivity index (χ3v) is 7.75. The maximum Gasteiger partial charge on any atom is 0.433 e. The second-order valence-corrected chi connectivity index (χ2v) is 10.7. The number of aryl methyl sites for hydroxylation is 1. The number of benzene rings is 1. The number of anilines is 1. The monoisotopic (exact) mass is 552 g/mol. The minimum atomic E-state index is -4.66. The van der Waals surface area contributed by atoms with E-state index in [9.17, 15) is 22.2 Å². The second-order valence-electron chi connectivity index (χ2n) is 9.08. The highest BCUT2D eigenvalue weighted by atomic mass is 32.2. The van der Waals surface area contributed by atoms with Crippen molar-refractivity contribution in [1.82, 2.24) is 14.5 Å². The minimum absolute atomic E-state index is 0.0276. The molecule has 4 heterocycles. The van der Waals surface area contributed by atoms with Gasteiger partial charge < -0.3 is 14.4 Å². The molecule has 202 valence electrons. The molecule has 2 aromatic heterocycles. The van der Waals surface area contributed by atoms with Crippen molar-refractivity contribution in [2.24, 2.45) is 0 Å². The molecule has 0 bridgehead atoms. The van der Waals surface area contributed by atoms with E-state index in [1.54, 1.807) is 12.1 Å². The Morgan fingerprint density at radius 3 is 2.79 bits per heavy atom. The van der Waals surface area contributed by atoms with Crippen molar-refractivity contribution in [3.8, 4) is 17.4 Å². The molecule has 2 aliphatic rings. The van der Waals surface area contributed by atoms with E-state index in [4.69, 9.17) is 9.47 Å². The Kier molecular flexibility index (Phi) is 7.12. The SMILES string of the molecule is CCCc1cc(COc2cc3n(c(=O)n2)CC2CS(=O)CCN32)cc(F)c1Oc1ccnc(C(F)(F)F)c1. The lowest BCUT2D eigenvalue weighted by Gasteiger charge is -2.29. The number of halogens is 4. The molecule has 2 unspecified atom stereocenters. The Labute approximate surface area is 217 Å². The number of rotatable bonds is 7. The number of hydrogen-bond acceptors (Lipinski definition) is 7. The van der Waals surface area contributed by atoms with Crippen LogP contribution in [0, 0.1) is 5.82 Å². The van der Waals surface area contributed by atoms with E-state index in [1.165, 1.54) is 16.7 Å². The van der Waals surface area contributed by atoms with Crippen molar-refractivity contribution < 1.29 is 31.2 Å². The van der Waals surface area contributed by atoms with Crippen LogP contribution in [0.25, 0.3) is 0 Å². The lowest BCUT2D eigenvalue weighted by molar-refractivity contribution is -0.141. The summed E-state index contributed by atoms with van der Waals surface area (Å²) in [6.07, 6.45) is -2.66. The van der Waals surface area contributed by atoms with Crippen LogP contribution in [-0.4, -0.2) is 42.8 Å². The summed E-state index contributed by atoms with van der Waals surface area (Å²) in [5.41, 5.74) is -0.713. The number of aromatic nitrogens is 3. The summed E-state index contributed by atoms with van der Waals surface area (Å²) < 4.78 is 78.9. The molecule has 2 aliphatic heterocycles. The van der Waals surface area contributed by atoms with Gasteiger partial charge in [0.15, 0.2) is 11.6 Å². The molecule has 0 amide bonds. The smallest absolute Gasteiger partial charge is 0.433 e. The van der Waals surface area contributed by atoms with Crippen LogP contribution >= 0.6 is 0 Å². The molecular formula is C25H24F4N4O4S. The molecule has 0 saturated carbocycles. The van der Waals surface area contributed by atoms with Crippen LogP contribution in [0.3, 0.4) is 0 Å². The van der Waals surface area contributed by atoms with Gasteiger partial charge in [-0.25, -0.2) is 9.18 Å². The zero-order chi connectivity index (χ0) is 27.0. The summed E-state index contributed by atoms with van der Waals surface area (Å²) in [5.74, 6) is 0.636. The van der Waals surface area contributed by atoms with Crippen LogP contribution in [0.5, 0.6) is 17.4 Å². The lowest BCUT2D eigenvalue weighted by Crippen LogP contribution is -2.44. The van der Waals surface area contributed by atoms with Gasteiger partial charge in [0.05, 0.1) is 12.6 Å². The second kappa shape index (κ2) is 10.4. The Balaban J connectivity index is 1.35. The quantitative estimate of drug-likeness (QED) is 0.409. The van der Waals surface area contributed by atoms with Gasteiger partial charge in [0.1, 0.15) is 23.9 Å². The van der Waals surface area contributed by atoms with Gasteiger partial charge in [0, 0.05) is 47.2 Å². The summed E-state index contributed by atoms with van der Waals surface area (Å²) in [4.78, 5) is 21.9. The van der Waals surface area contributed by atoms with E-state index in [0.717, 1.165) is 12.3 Å². The molecule has 8 nitrogen and oxygen atoms in total. The van der Waals surface area contributed by atoms with E-state index >= 15 is 4.39 Å². The molecular weight excluding hydrogens is 528 g/mol. The first-order chi connectivity index (χ1) is 18.1. The van der Waals surface area contributed by atoms with Crippen LogP contribution < -0.4 is 20.1 Å². The number of pyridine rings is 1. The molecule has 0 radical (unpaired) electrons. The zero-order valence-electron chi connectivity index (χ0n) is 20.3. The fraction of sp³-hybridized carbons (Fsp3) is 0.400. The molecule has 13 heteroatoms. The molecule has 0 aliphatic carbocycles. The first-order valence-electron chi connectivity index (χ1n) is 12.0. The maximum atomic E-state index is 15.1. The summed E-state index contributed by atoms with van der Waals surface area (Å²) in [6, 6.07) is 6.40. The third kappa shape index (κ3) is 5.38. The molecule has 2 atom stereocenters. The standard InChI is InChI=1S/C25H24F4N4O4S/c1-2-3-16-8-15(9-19(26)23(16)37-18-4-5-30-20(10-18)25(27,28)29)13-36-21-11-22-32-6-7-38(35)14-17(32)12-33(22)24(34)31-21/h4-5,8-11,17H,2-3,6-7,12-14H2,1H3. The maximum absolute atomic E-state index is 15.1. The molecule has 3 aromatic rings. The van der Waals surface area contributed by atoms with E-state index in [2.05, 4.69) is 9.97 Å². The highest BCUT2D eigenvalue weighted by Crippen LogP contribution is 2.35. The van der Waals surface area contributed by atoms with Gasteiger partial charge in [0.25, 0.3) is 0 Å². The zero-order valence-corrected chi connectivity index (χ0v) is 21.1. The Morgan fingerprint density at radius 1 is 1.21 bits per heavy atom. The molecule has 0 N–H and O–H groups in total. The van der Waals surface area contributed by atoms with Gasteiger partial charge in [-0.3, -0.25) is 13.8 Å². The van der Waals surface area contributed by atoms with Crippen LogP contribution in [0.1, 0.15) is 30.2 Å². The fourth-order valence-corrected chi connectivity index (χ4v) is 5.94. The molecule has 1 saturated heterocycles. The largest absolute Gasteiger partial charge is 0.473 e. The molecule has 38 heavy (non-hydrogen) atoms. The van der Waals surface area contributed by atoms with Gasteiger partial charge in [-0.1, -0.05) is 13.3 Å². The lowest BCUT2D eigenvalue weighted by atomic mass is 10.0. The Morgan fingerprint density at radius 2 is 2.03 bits per heavy atom. The van der Waals surface area contributed by atoms with Gasteiger partial charge in [-0.2, -0.15) is 18.2 Å². The fourth-order valence-electron chi connectivity index (χ4n) is 4.66. The molecule has 1 aromatic carbocycles. The number of ether oxygens (including phenoxy) is 2. The predicted octanol–water partition coefficient (Wildman–Crippen LogP) is 4.07. The Hall–Kier alpha value is -3.48. The van der Waals surface area contributed by atoms with Crippen molar-refractivity contribution in [3.05, 3.63) is 69.7 Å². The minimum Gasteiger partial charge on any atom is -0.473 e. The van der Waals surface area contributed by atoms with Crippen LogP contribution in [-0.2, 0) is 36.5 Å². The normalized spacial score (nSPS) is 18.7. The van der Waals surface area contributed by atoms with Crippen molar-refractivity contribution in [1.29, 1.82) is 0 Å². The molecule has 1 fully saturated rings. The average molecular weight is 553 g/mol. The Bertz CT molecular complexity index is 1450. The highest BCUT2D eigenvalue weighted by molar-refractivity contribution is 7.85. The molecule has 5 rings (SSSR count). The summed E-state index contributed by atoms with van der Waals surface area (Å²) in [7, 11) is -0.914. The van der Waals surface area contributed by atoms with Crippen molar-refractivity contribution in [3.63, 3.8) is 0 Å². The van der Waals surface area contributed by atoms with Crippen LogP contribution in [0.4, 0.5) is 23.4 Å². The summed E-state index contributed by atoms with van der Waals surface area (Å²) >= 11 is 0. The third-order valence-electron chi connectivity index (χ3n) is 6.36. The first kappa shape index (κ1) is 26.1. The topological polar surface area (TPSA) is 86.6 Å². The highest BCUT2D eigenvalue weighted by Gasteiger charge is 2.35. The van der Waals surface area contributed by atoms with Crippen molar-refractivity contribution >= 4 is 16.6 Å². The molecule has 0 spiro atoms. The van der Waals surface area contributed by atoms with E-state index < -0.39 is 34.2 Å².